The van der Waals surface area contributed by atoms with Crippen LogP contribution in [-0.2, 0) is 27.2 Å². The molecule has 3 rings (SSSR count). The summed E-state index contributed by atoms with van der Waals surface area (Å²) in [7, 11) is 1.57. The van der Waals surface area contributed by atoms with E-state index in [1.54, 1.807) is 25.3 Å². The Bertz CT molecular complexity index is 940. The van der Waals surface area contributed by atoms with Crippen molar-refractivity contribution in [3.8, 4) is 11.8 Å². The van der Waals surface area contributed by atoms with Crippen LogP contribution in [0.3, 0.4) is 0 Å². The van der Waals surface area contributed by atoms with Gasteiger partial charge in [0.2, 0.25) is 0 Å². The van der Waals surface area contributed by atoms with E-state index >= 15 is 0 Å². The zero-order chi connectivity index (χ0) is 19.2. The number of rotatable bonds is 6. The van der Waals surface area contributed by atoms with Crippen LogP contribution in [0.15, 0.2) is 30.3 Å². The molecule has 1 N–H and O–H groups in total. The maximum absolute atomic E-state index is 12.0. The summed E-state index contributed by atoms with van der Waals surface area (Å²) in [4.78, 5) is 25.0. The molecule has 1 aliphatic rings. The molecule has 1 amide bonds. The fourth-order valence-electron chi connectivity index (χ4n) is 2.87. The SMILES string of the molecule is COc1cccc(/C=C/C(=O)OCC(=O)Nc2sc3c(c2C#N)CCC3)c1. The van der Waals surface area contributed by atoms with Gasteiger partial charge < -0.3 is 14.8 Å². The normalized spacial score (nSPS) is 12.4. The molecule has 0 saturated carbocycles. The number of fused-ring (bicyclic) bond motifs is 1. The maximum Gasteiger partial charge on any atom is 0.331 e. The van der Waals surface area contributed by atoms with Gasteiger partial charge in [0, 0.05) is 11.0 Å². The first kappa shape index (κ1) is 18.7. The number of amides is 1. The van der Waals surface area contributed by atoms with Crippen LogP contribution in [0.5, 0.6) is 5.75 Å². The standard InChI is InChI=1S/C20H18N2O4S/c1-25-14-5-2-4-13(10-14)8-9-19(24)26-12-18(23)22-20-16(11-21)15-6-3-7-17(15)27-20/h2,4-5,8-10H,3,6-7,12H2,1H3,(H,22,23)/b9-8+. The highest BCUT2D eigenvalue weighted by molar-refractivity contribution is 7.16. The molecule has 0 bridgehead atoms. The highest BCUT2D eigenvalue weighted by Gasteiger charge is 2.23. The minimum atomic E-state index is -0.623. The molecular weight excluding hydrogens is 364 g/mol. The molecule has 27 heavy (non-hydrogen) atoms. The minimum Gasteiger partial charge on any atom is -0.497 e. The fraction of sp³-hybridized carbons (Fsp3) is 0.250. The first-order valence-electron chi connectivity index (χ1n) is 8.44. The number of aryl methyl sites for hydroxylation is 1. The molecule has 1 aliphatic carbocycles. The molecule has 1 aromatic heterocycles. The summed E-state index contributed by atoms with van der Waals surface area (Å²) in [5.41, 5.74) is 2.35. The molecule has 0 radical (unpaired) electrons. The quantitative estimate of drug-likeness (QED) is 0.612. The molecule has 0 aliphatic heterocycles. The van der Waals surface area contributed by atoms with E-state index in [1.807, 2.05) is 12.1 Å². The van der Waals surface area contributed by atoms with Crippen LogP contribution in [0.1, 0.15) is 28.0 Å². The molecule has 138 valence electrons. The number of carbonyl (C=O) groups excluding carboxylic acids is 2. The van der Waals surface area contributed by atoms with Gasteiger partial charge in [-0.15, -0.1) is 11.3 Å². The van der Waals surface area contributed by atoms with Crippen LogP contribution in [-0.4, -0.2) is 25.6 Å². The average Bonchev–Trinajstić information content (AvgIpc) is 3.25. The largest absolute Gasteiger partial charge is 0.497 e. The van der Waals surface area contributed by atoms with Gasteiger partial charge in [-0.1, -0.05) is 12.1 Å². The van der Waals surface area contributed by atoms with Crippen molar-refractivity contribution < 1.29 is 19.1 Å². The lowest BCUT2D eigenvalue weighted by Gasteiger charge is -2.04. The zero-order valence-corrected chi connectivity index (χ0v) is 15.6. The van der Waals surface area contributed by atoms with E-state index in [0.29, 0.717) is 16.3 Å². The third kappa shape index (κ3) is 4.54. The second-order valence-corrected chi connectivity index (χ2v) is 7.04. The van der Waals surface area contributed by atoms with E-state index in [0.717, 1.165) is 35.3 Å². The molecule has 0 fully saturated rings. The molecular formula is C20H18N2O4S. The molecule has 1 aromatic carbocycles. The Labute approximate surface area is 161 Å². The Morgan fingerprint density at radius 1 is 1.37 bits per heavy atom. The van der Waals surface area contributed by atoms with Gasteiger partial charge in [-0.25, -0.2) is 4.79 Å². The number of nitrogens with one attached hydrogen (secondary N) is 1. The Morgan fingerprint density at radius 2 is 2.22 bits per heavy atom. The van der Waals surface area contributed by atoms with Gasteiger partial charge >= 0.3 is 5.97 Å². The second kappa shape index (κ2) is 8.52. The van der Waals surface area contributed by atoms with Gasteiger partial charge in [-0.3, -0.25) is 4.79 Å². The summed E-state index contributed by atoms with van der Waals surface area (Å²) in [6.07, 6.45) is 5.69. The summed E-state index contributed by atoms with van der Waals surface area (Å²) < 4.78 is 10.1. The van der Waals surface area contributed by atoms with Crippen molar-refractivity contribution in [3.63, 3.8) is 0 Å². The number of nitrogens with zero attached hydrogens (tertiary/aromatic N) is 1. The van der Waals surface area contributed by atoms with Gasteiger partial charge in [0.1, 0.15) is 16.8 Å². The molecule has 0 atom stereocenters. The number of methoxy groups -OCH3 is 1. The average molecular weight is 382 g/mol. The summed E-state index contributed by atoms with van der Waals surface area (Å²) in [6.45, 7) is -0.408. The summed E-state index contributed by atoms with van der Waals surface area (Å²) in [5.74, 6) is -0.405. The van der Waals surface area contributed by atoms with Crippen LogP contribution < -0.4 is 10.1 Å². The summed E-state index contributed by atoms with van der Waals surface area (Å²) in [5, 5.41) is 12.5. The third-order valence-electron chi connectivity index (χ3n) is 4.14. The van der Waals surface area contributed by atoms with Crippen LogP contribution in [0.4, 0.5) is 5.00 Å². The Hall–Kier alpha value is -3.11. The topological polar surface area (TPSA) is 88.4 Å². The predicted molar refractivity (Wildman–Crippen MR) is 103 cm³/mol. The van der Waals surface area contributed by atoms with E-state index in [1.165, 1.54) is 17.4 Å². The number of nitriles is 1. The van der Waals surface area contributed by atoms with Crippen LogP contribution >= 0.6 is 11.3 Å². The van der Waals surface area contributed by atoms with Crippen molar-refractivity contribution in [2.24, 2.45) is 0 Å². The van der Waals surface area contributed by atoms with Crippen molar-refractivity contribution in [3.05, 3.63) is 51.9 Å². The van der Waals surface area contributed by atoms with Gasteiger partial charge in [0.25, 0.3) is 5.91 Å². The lowest BCUT2D eigenvalue weighted by Crippen LogP contribution is -2.20. The minimum absolute atomic E-state index is 0.408. The Morgan fingerprint density at radius 3 is 3.00 bits per heavy atom. The number of hydrogen-bond donors (Lipinski definition) is 1. The van der Waals surface area contributed by atoms with E-state index in [-0.39, 0.29) is 0 Å². The van der Waals surface area contributed by atoms with E-state index in [4.69, 9.17) is 9.47 Å². The van der Waals surface area contributed by atoms with E-state index < -0.39 is 18.5 Å². The third-order valence-corrected chi connectivity index (χ3v) is 5.34. The highest BCUT2D eigenvalue weighted by atomic mass is 32.1. The number of esters is 1. The van der Waals surface area contributed by atoms with Gasteiger partial charge in [-0.2, -0.15) is 5.26 Å². The van der Waals surface area contributed by atoms with Crippen LogP contribution in [0.2, 0.25) is 0 Å². The van der Waals surface area contributed by atoms with Crippen molar-refractivity contribution in [1.29, 1.82) is 5.26 Å². The van der Waals surface area contributed by atoms with Gasteiger partial charge in [0.15, 0.2) is 6.61 Å². The van der Waals surface area contributed by atoms with E-state index in [9.17, 15) is 14.9 Å². The first-order valence-corrected chi connectivity index (χ1v) is 9.25. The molecule has 1 heterocycles. The fourth-order valence-corrected chi connectivity index (χ4v) is 4.12. The molecule has 0 saturated heterocycles. The zero-order valence-electron chi connectivity index (χ0n) is 14.8. The number of anilines is 1. The number of carbonyl (C=O) groups is 2. The lowest BCUT2D eigenvalue weighted by molar-refractivity contribution is -0.142. The second-order valence-electron chi connectivity index (χ2n) is 5.94. The summed E-state index contributed by atoms with van der Waals surface area (Å²) in [6, 6.07) is 9.36. The van der Waals surface area contributed by atoms with Crippen molar-refractivity contribution >= 4 is 34.3 Å². The molecule has 7 heteroatoms. The molecule has 0 spiro atoms. The smallest absolute Gasteiger partial charge is 0.331 e. The molecule has 2 aromatic rings. The highest BCUT2D eigenvalue weighted by Crippen LogP contribution is 2.38. The number of hydrogen-bond acceptors (Lipinski definition) is 6. The van der Waals surface area contributed by atoms with Crippen molar-refractivity contribution in [2.75, 3.05) is 19.0 Å². The van der Waals surface area contributed by atoms with Crippen molar-refractivity contribution in [1.82, 2.24) is 0 Å². The Balaban J connectivity index is 1.53. The van der Waals surface area contributed by atoms with Gasteiger partial charge in [0.05, 0.1) is 12.7 Å². The summed E-state index contributed by atoms with van der Waals surface area (Å²) >= 11 is 1.43. The van der Waals surface area contributed by atoms with Crippen LogP contribution in [0.25, 0.3) is 6.08 Å². The molecule has 6 nitrogen and oxygen atoms in total. The number of thiophene rings is 1. The van der Waals surface area contributed by atoms with Crippen molar-refractivity contribution in [2.45, 2.75) is 19.3 Å². The monoisotopic (exact) mass is 382 g/mol. The maximum atomic E-state index is 12.0. The van der Waals surface area contributed by atoms with E-state index in [2.05, 4.69) is 11.4 Å². The predicted octanol–water partition coefficient (Wildman–Crippen LogP) is 3.31. The van der Waals surface area contributed by atoms with Gasteiger partial charge in [-0.05, 0) is 48.6 Å². The van der Waals surface area contributed by atoms with Crippen LogP contribution in [0, 0.1) is 11.3 Å². The number of benzene rings is 1. The number of ether oxygens (including phenoxy) is 2. The first-order chi connectivity index (χ1) is 13.1. The molecule has 0 unspecified atom stereocenters. The Kier molecular flexibility index (Phi) is 5.89. The lowest BCUT2D eigenvalue weighted by atomic mass is 10.1.